The Kier molecular flexibility index (Phi) is 3.51. The number of hydrogen-bond donors (Lipinski definition) is 2. The zero-order chi connectivity index (χ0) is 12.4. The number of aliphatic hydroxyl groups excluding tert-OH is 1. The van der Waals surface area contributed by atoms with Crippen molar-refractivity contribution in [2.45, 2.75) is 37.8 Å². The second kappa shape index (κ2) is 4.91. The van der Waals surface area contributed by atoms with Gasteiger partial charge >= 0.3 is 12.0 Å². The Bertz CT molecular complexity index is 315. The number of likely N-dealkylation sites (tertiary alicyclic amines) is 2. The summed E-state index contributed by atoms with van der Waals surface area (Å²) in [5, 5.41) is 18.5. The van der Waals surface area contributed by atoms with Gasteiger partial charge in [-0.05, 0) is 19.3 Å². The molecule has 2 N–H and O–H groups in total. The summed E-state index contributed by atoms with van der Waals surface area (Å²) in [6, 6.07) is -1.12. The van der Waals surface area contributed by atoms with Gasteiger partial charge in [-0.1, -0.05) is 0 Å². The normalized spacial score (nSPS) is 29.5. The van der Waals surface area contributed by atoms with Gasteiger partial charge in [0.05, 0.1) is 6.10 Å². The number of hydrogen-bond acceptors (Lipinski definition) is 3. The molecule has 2 aliphatic heterocycles. The molecule has 0 aliphatic carbocycles. The van der Waals surface area contributed by atoms with Gasteiger partial charge in [0, 0.05) is 26.1 Å². The highest BCUT2D eigenvalue weighted by Gasteiger charge is 2.40. The molecule has 2 amide bonds. The molecule has 2 rings (SSSR count). The Morgan fingerprint density at radius 2 is 1.76 bits per heavy atom. The predicted octanol–water partition coefficient (Wildman–Crippen LogP) is 0.112. The highest BCUT2D eigenvalue weighted by molar-refractivity contribution is 5.83. The fourth-order valence-corrected chi connectivity index (χ4v) is 2.53. The number of aliphatic carboxylic acids is 1. The van der Waals surface area contributed by atoms with Gasteiger partial charge in [0.1, 0.15) is 6.04 Å². The van der Waals surface area contributed by atoms with Crippen LogP contribution in [0.1, 0.15) is 25.7 Å². The van der Waals surface area contributed by atoms with Crippen LogP contribution in [0, 0.1) is 0 Å². The molecular formula is C11H18N2O4. The van der Waals surface area contributed by atoms with Crippen molar-refractivity contribution in [3.8, 4) is 0 Å². The highest BCUT2D eigenvalue weighted by atomic mass is 16.4. The minimum atomic E-state index is -1.04. The molecule has 0 aromatic heterocycles. The van der Waals surface area contributed by atoms with E-state index >= 15 is 0 Å². The SMILES string of the molecule is O=C(O)[C@@H]1CC(O)CN1C(=O)N1CCCCC1. The van der Waals surface area contributed by atoms with Gasteiger partial charge < -0.3 is 20.0 Å². The lowest BCUT2D eigenvalue weighted by Gasteiger charge is -2.32. The Hall–Kier alpha value is -1.30. The van der Waals surface area contributed by atoms with Crippen LogP contribution in [0.5, 0.6) is 0 Å². The van der Waals surface area contributed by atoms with Crippen LogP contribution >= 0.6 is 0 Å². The molecule has 17 heavy (non-hydrogen) atoms. The molecule has 96 valence electrons. The number of carbonyl (C=O) groups is 2. The van der Waals surface area contributed by atoms with E-state index in [4.69, 9.17) is 5.11 Å². The number of aliphatic hydroxyl groups is 1. The highest BCUT2D eigenvalue weighted by Crippen LogP contribution is 2.21. The molecule has 0 aromatic rings. The van der Waals surface area contributed by atoms with Gasteiger partial charge in [-0.15, -0.1) is 0 Å². The fourth-order valence-electron chi connectivity index (χ4n) is 2.53. The molecule has 6 heteroatoms. The molecule has 2 fully saturated rings. The molecule has 0 radical (unpaired) electrons. The van der Waals surface area contributed by atoms with Crippen LogP contribution in [0.4, 0.5) is 4.79 Å². The van der Waals surface area contributed by atoms with E-state index in [0.29, 0.717) is 13.1 Å². The average Bonchev–Trinajstić information content (AvgIpc) is 2.72. The van der Waals surface area contributed by atoms with E-state index in [2.05, 4.69) is 0 Å². The summed E-state index contributed by atoms with van der Waals surface area (Å²) in [6.45, 7) is 1.52. The zero-order valence-electron chi connectivity index (χ0n) is 9.71. The first-order valence-electron chi connectivity index (χ1n) is 6.06. The number of nitrogens with zero attached hydrogens (tertiary/aromatic N) is 2. The smallest absolute Gasteiger partial charge is 0.326 e. The first-order valence-corrected chi connectivity index (χ1v) is 6.06. The van der Waals surface area contributed by atoms with Crippen molar-refractivity contribution in [3.05, 3.63) is 0 Å². The van der Waals surface area contributed by atoms with E-state index in [1.165, 1.54) is 4.90 Å². The summed E-state index contributed by atoms with van der Waals surface area (Å²) in [4.78, 5) is 26.1. The summed E-state index contributed by atoms with van der Waals surface area (Å²) in [5.41, 5.74) is 0. The van der Waals surface area contributed by atoms with E-state index in [1.807, 2.05) is 0 Å². The number of urea groups is 1. The second-order valence-corrected chi connectivity index (χ2v) is 4.73. The third-order valence-electron chi connectivity index (χ3n) is 3.44. The van der Waals surface area contributed by atoms with Gasteiger partial charge in [0.2, 0.25) is 0 Å². The minimum Gasteiger partial charge on any atom is -0.480 e. The first kappa shape index (κ1) is 12.2. The summed E-state index contributed by atoms with van der Waals surface area (Å²) in [5.74, 6) is -1.04. The van der Waals surface area contributed by atoms with E-state index in [-0.39, 0.29) is 19.0 Å². The molecule has 2 aliphatic rings. The molecule has 2 heterocycles. The van der Waals surface area contributed by atoms with E-state index in [1.54, 1.807) is 4.90 Å². The van der Waals surface area contributed by atoms with Crippen LogP contribution < -0.4 is 0 Å². The predicted molar refractivity (Wildman–Crippen MR) is 59.6 cm³/mol. The van der Waals surface area contributed by atoms with Gasteiger partial charge in [0.25, 0.3) is 0 Å². The van der Waals surface area contributed by atoms with Crippen molar-refractivity contribution in [2.24, 2.45) is 0 Å². The summed E-state index contributed by atoms with van der Waals surface area (Å²) < 4.78 is 0. The van der Waals surface area contributed by atoms with Crippen LogP contribution in [0.3, 0.4) is 0 Å². The van der Waals surface area contributed by atoms with Crippen molar-refractivity contribution in [3.63, 3.8) is 0 Å². The second-order valence-electron chi connectivity index (χ2n) is 4.73. The van der Waals surface area contributed by atoms with Crippen molar-refractivity contribution < 1.29 is 19.8 Å². The van der Waals surface area contributed by atoms with Crippen LogP contribution in [-0.2, 0) is 4.79 Å². The molecule has 6 nitrogen and oxygen atoms in total. The van der Waals surface area contributed by atoms with Crippen molar-refractivity contribution in [1.29, 1.82) is 0 Å². The van der Waals surface area contributed by atoms with Gasteiger partial charge in [0.15, 0.2) is 0 Å². The van der Waals surface area contributed by atoms with Gasteiger partial charge in [-0.3, -0.25) is 0 Å². The number of piperidine rings is 1. The largest absolute Gasteiger partial charge is 0.480 e. The topological polar surface area (TPSA) is 81.1 Å². The molecule has 2 saturated heterocycles. The van der Waals surface area contributed by atoms with E-state index in [0.717, 1.165) is 19.3 Å². The fraction of sp³-hybridized carbons (Fsp3) is 0.818. The monoisotopic (exact) mass is 242 g/mol. The number of amides is 2. The standard InChI is InChI=1S/C11H18N2O4/c14-8-6-9(10(15)16)13(7-8)11(17)12-4-2-1-3-5-12/h8-9,14H,1-7H2,(H,15,16)/t8?,9-/m0/s1. The lowest BCUT2D eigenvalue weighted by Crippen LogP contribution is -2.49. The number of β-amino-alcohol motifs (C(OH)–C–C–N with tert-alkyl or cyclic N) is 1. The Balaban J connectivity index is 2.04. The third-order valence-corrected chi connectivity index (χ3v) is 3.44. The van der Waals surface area contributed by atoms with Crippen LogP contribution in [0.15, 0.2) is 0 Å². The zero-order valence-corrected chi connectivity index (χ0v) is 9.71. The summed E-state index contributed by atoms with van der Waals surface area (Å²) in [7, 11) is 0. The quantitative estimate of drug-likeness (QED) is 0.684. The van der Waals surface area contributed by atoms with E-state index in [9.17, 15) is 14.7 Å². The maximum absolute atomic E-state index is 12.1. The number of carboxylic acid groups (broad SMARTS) is 1. The minimum absolute atomic E-state index is 0.131. The number of carboxylic acids is 1. The first-order chi connectivity index (χ1) is 8.09. The van der Waals surface area contributed by atoms with Crippen molar-refractivity contribution in [2.75, 3.05) is 19.6 Å². The van der Waals surface area contributed by atoms with Crippen molar-refractivity contribution >= 4 is 12.0 Å². The maximum Gasteiger partial charge on any atom is 0.326 e. The van der Waals surface area contributed by atoms with Crippen LogP contribution in [0.25, 0.3) is 0 Å². The molecule has 1 unspecified atom stereocenters. The molecule has 0 spiro atoms. The summed E-state index contributed by atoms with van der Waals surface area (Å²) >= 11 is 0. The Morgan fingerprint density at radius 3 is 2.35 bits per heavy atom. The molecular weight excluding hydrogens is 224 g/mol. The number of rotatable bonds is 1. The average molecular weight is 242 g/mol. The lowest BCUT2D eigenvalue weighted by atomic mass is 10.1. The molecule has 0 bridgehead atoms. The number of carbonyl (C=O) groups excluding carboxylic acids is 1. The Morgan fingerprint density at radius 1 is 1.12 bits per heavy atom. The van der Waals surface area contributed by atoms with Crippen molar-refractivity contribution in [1.82, 2.24) is 9.80 Å². The molecule has 0 aromatic carbocycles. The molecule has 2 atom stereocenters. The van der Waals surface area contributed by atoms with Gasteiger partial charge in [-0.2, -0.15) is 0 Å². The maximum atomic E-state index is 12.1. The van der Waals surface area contributed by atoms with E-state index < -0.39 is 18.1 Å². The molecule has 0 saturated carbocycles. The summed E-state index contributed by atoms with van der Waals surface area (Å²) in [6.07, 6.45) is 2.48. The lowest BCUT2D eigenvalue weighted by molar-refractivity contribution is -0.141. The third kappa shape index (κ3) is 2.52. The van der Waals surface area contributed by atoms with Gasteiger partial charge in [-0.25, -0.2) is 9.59 Å². The van der Waals surface area contributed by atoms with Crippen LogP contribution in [-0.4, -0.2) is 63.8 Å². The van der Waals surface area contributed by atoms with Crippen LogP contribution in [0.2, 0.25) is 0 Å². The Labute approximate surface area is 99.8 Å².